The predicted molar refractivity (Wildman–Crippen MR) is 160 cm³/mol. The molecule has 5 heterocycles. The van der Waals surface area contributed by atoms with E-state index in [9.17, 15) is 5.11 Å². The Morgan fingerprint density at radius 3 is 2.52 bits per heavy atom. The number of rotatable bonds is 5. The van der Waals surface area contributed by atoms with Crippen molar-refractivity contribution >= 4 is 39.1 Å². The van der Waals surface area contributed by atoms with E-state index in [1.165, 1.54) is 38.5 Å². The van der Waals surface area contributed by atoms with Crippen molar-refractivity contribution in [3.05, 3.63) is 53.6 Å². The minimum atomic E-state index is 0.110. The molecule has 4 aliphatic rings. The van der Waals surface area contributed by atoms with Gasteiger partial charge in [-0.15, -0.1) is 0 Å². The summed E-state index contributed by atoms with van der Waals surface area (Å²) in [6.45, 7) is 4.75. The van der Waals surface area contributed by atoms with E-state index < -0.39 is 0 Å². The molecule has 1 aromatic heterocycles. The third-order valence-electron chi connectivity index (χ3n) is 9.70. The average molecular weight is 556 g/mol. The summed E-state index contributed by atoms with van der Waals surface area (Å²) in [6.07, 6.45) is 7.19. The van der Waals surface area contributed by atoms with E-state index in [0.717, 1.165) is 59.3 Å². The molecule has 3 aromatic carbocycles. The van der Waals surface area contributed by atoms with Gasteiger partial charge in [-0.05, 0) is 86.1 Å². The minimum Gasteiger partial charge on any atom is -0.508 e. The van der Waals surface area contributed by atoms with E-state index in [-0.39, 0.29) is 11.3 Å². The molecule has 4 fully saturated rings. The summed E-state index contributed by atoms with van der Waals surface area (Å²) < 4.78 is 6.49. The van der Waals surface area contributed by atoms with Crippen LogP contribution in [0.5, 0.6) is 11.8 Å². The van der Waals surface area contributed by atoms with Crippen LogP contribution in [0.25, 0.3) is 32.8 Å². The first-order chi connectivity index (χ1) is 19.6. The number of aromatic nitrogens is 2. The van der Waals surface area contributed by atoms with Gasteiger partial charge in [-0.3, -0.25) is 4.90 Å². The second-order valence-corrected chi connectivity index (χ2v) is 12.5. The number of hydrogen-bond acceptors (Lipinski definition) is 7. The number of aromatic hydroxyl groups is 1. The number of nitrogens with zero attached hydrogens (tertiary/aromatic N) is 4. The van der Waals surface area contributed by atoms with Crippen LogP contribution in [-0.4, -0.2) is 70.4 Å². The molecule has 206 valence electrons. The fraction of sp³-hybridized carbons (Fsp3) is 0.438. The molecule has 7 nitrogen and oxygen atoms in total. The van der Waals surface area contributed by atoms with Crippen molar-refractivity contribution in [1.82, 2.24) is 20.2 Å². The first kappa shape index (κ1) is 24.6. The van der Waals surface area contributed by atoms with Crippen LogP contribution in [0.1, 0.15) is 38.5 Å². The molecule has 4 aromatic rings. The summed E-state index contributed by atoms with van der Waals surface area (Å²) in [4.78, 5) is 15.0. The predicted octanol–water partition coefficient (Wildman–Crippen LogP) is 5.76. The standard InChI is InChI=1S/C32H34ClN5O2/c33-28-25(27-16-23(39)15-20-5-1-2-6-24(20)27)9-10-26-29(28)35-31(40-19-32-11-3-13-38(32)14-4-12-32)36-30(26)37-17-21-7-8-22(18-37)34-21/h1-2,5-6,9-10,15-16,21-22,34,39H,3-4,7-8,11-14,17-19H2/t21-,22+. The largest absolute Gasteiger partial charge is 0.508 e. The monoisotopic (exact) mass is 555 g/mol. The third-order valence-corrected chi connectivity index (χ3v) is 10.1. The summed E-state index contributed by atoms with van der Waals surface area (Å²) >= 11 is 7.23. The molecule has 0 saturated carbocycles. The second kappa shape index (κ2) is 9.47. The number of piperazine rings is 1. The smallest absolute Gasteiger partial charge is 0.319 e. The van der Waals surface area contributed by atoms with Gasteiger partial charge in [0.1, 0.15) is 18.2 Å². The molecule has 0 unspecified atom stereocenters. The molecule has 8 rings (SSSR count). The van der Waals surface area contributed by atoms with E-state index in [4.69, 9.17) is 26.3 Å². The highest BCUT2D eigenvalue weighted by Gasteiger charge is 2.45. The van der Waals surface area contributed by atoms with Crippen molar-refractivity contribution in [3.8, 4) is 22.9 Å². The summed E-state index contributed by atoms with van der Waals surface area (Å²) in [5, 5.41) is 17.8. The van der Waals surface area contributed by atoms with Crippen LogP contribution in [0.2, 0.25) is 5.02 Å². The molecular formula is C32H34ClN5O2. The first-order valence-corrected chi connectivity index (χ1v) is 15.1. The van der Waals surface area contributed by atoms with Crippen LogP contribution in [0.15, 0.2) is 48.5 Å². The maximum absolute atomic E-state index is 10.5. The van der Waals surface area contributed by atoms with Gasteiger partial charge in [-0.1, -0.05) is 41.9 Å². The minimum absolute atomic E-state index is 0.110. The molecule has 2 N–H and O–H groups in total. The lowest BCUT2D eigenvalue weighted by molar-refractivity contribution is 0.108. The molecule has 2 bridgehead atoms. The third kappa shape index (κ3) is 4.01. The summed E-state index contributed by atoms with van der Waals surface area (Å²) in [7, 11) is 0. The Kier molecular flexibility index (Phi) is 5.83. The highest BCUT2D eigenvalue weighted by Crippen LogP contribution is 2.43. The van der Waals surface area contributed by atoms with Gasteiger partial charge in [-0.25, -0.2) is 0 Å². The van der Waals surface area contributed by atoms with Crippen molar-refractivity contribution in [1.29, 1.82) is 0 Å². The van der Waals surface area contributed by atoms with Crippen LogP contribution in [0, 0.1) is 0 Å². The van der Waals surface area contributed by atoms with E-state index in [1.54, 1.807) is 12.1 Å². The average Bonchev–Trinajstić information content (AvgIpc) is 3.65. The lowest BCUT2D eigenvalue weighted by atomic mass is 9.95. The van der Waals surface area contributed by atoms with Crippen molar-refractivity contribution in [3.63, 3.8) is 0 Å². The van der Waals surface area contributed by atoms with Gasteiger partial charge in [0, 0.05) is 36.1 Å². The fourth-order valence-electron chi connectivity index (χ4n) is 7.79. The van der Waals surface area contributed by atoms with Gasteiger partial charge >= 0.3 is 6.01 Å². The number of phenolic OH excluding ortho intramolecular Hbond substituents is 1. The lowest BCUT2D eigenvalue weighted by Gasteiger charge is -2.35. The Morgan fingerprint density at radius 2 is 1.73 bits per heavy atom. The van der Waals surface area contributed by atoms with Crippen LogP contribution in [0.3, 0.4) is 0 Å². The summed E-state index contributed by atoms with van der Waals surface area (Å²) in [5.41, 5.74) is 2.54. The SMILES string of the molecule is Oc1cc(-c2ccc3c(N4C[C@H]5CC[C@@H](C4)N5)nc(OCC45CCCN4CCC5)nc3c2Cl)c2ccccc2c1. The zero-order chi connectivity index (χ0) is 26.8. The van der Waals surface area contributed by atoms with Gasteiger partial charge in [0.2, 0.25) is 0 Å². The lowest BCUT2D eigenvalue weighted by Crippen LogP contribution is -2.51. The van der Waals surface area contributed by atoms with Gasteiger partial charge in [0.15, 0.2) is 0 Å². The molecule has 0 aliphatic carbocycles. The number of ether oxygens (including phenoxy) is 1. The summed E-state index contributed by atoms with van der Waals surface area (Å²) in [6, 6.07) is 17.1. The Hall–Kier alpha value is -3.13. The van der Waals surface area contributed by atoms with Gasteiger partial charge in [0.25, 0.3) is 0 Å². The molecule has 0 spiro atoms. The summed E-state index contributed by atoms with van der Waals surface area (Å²) in [5.74, 6) is 1.12. The fourth-order valence-corrected chi connectivity index (χ4v) is 8.10. The first-order valence-electron chi connectivity index (χ1n) is 14.7. The number of phenols is 1. The topological polar surface area (TPSA) is 73.8 Å². The van der Waals surface area contributed by atoms with E-state index in [2.05, 4.69) is 27.2 Å². The van der Waals surface area contributed by atoms with E-state index >= 15 is 0 Å². The van der Waals surface area contributed by atoms with Crippen molar-refractivity contribution in [2.24, 2.45) is 0 Å². The van der Waals surface area contributed by atoms with Crippen molar-refractivity contribution < 1.29 is 9.84 Å². The number of nitrogens with one attached hydrogen (secondary N) is 1. The molecule has 8 heteroatoms. The number of anilines is 1. The zero-order valence-corrected chi connectivity index (χ0v) is 23.3. The van der Waals surface area contributed by atoms with Crippen LogP contribution < -0.4 is 15.0 Å². The molecule has 4 saturated heterocycles. The molecule has 2 atom stereocenters. The number of fused-ring (bicyclic) bond motifs is 5. The molecule has 0 radical (unpaired) electrons. The Balaban J connectivity index is 1.25. The van der Waals surface area contributed by atoms with Crippen LogP contribution in [-0.2, 0) is 0 Å². The highest BCUT2D eigenvalue weighted by molar-refractivity contribution is 6.38. The molecule has 4 aliphatic heterocycles. The Morgan fingerprint density at radius 1 is 0.950 bits per heavy atom. The number of benzene rings is 3. The zero-order valence-electron chi connectivity index (χ0n) is 22.6. The maximum Gasteiger partial charge on any atom is 0.319 e. The van der Waals surface area contributed by atoms with E-state index in [0.29, 0.717) is 35.2 Å². The molecule has 40 heavy (non-hydrogen) atoms. The number of halogens is 1. The van der Waals surface area contributed by atoms with Gasteiger partial charge in [0.05, 0.1) is 16.1 Å². The highest BCUT2D eigenvalue weighted by atomic mass is 35.5. The van der Waals surface area contributed by atoms with Crippen molar-refractivity contribution in [2.45, 2.75) is 56.1 Å². The van der Waals surface area contributed by atoms with Crippen LogP contribution >= 0.6 is 11.6 Å². The number of hydrogen-bond donors (Lipinski definition) is 2. The normalized spacial score (nSPS) is 23.8. The van der Waals surface area contributed by atoms with Gasteiger partial charge < -0.3 is 20.1 Å². The van der Waals surface area contributed by atoms with E-state index in [1.807, 2.05) is 24.3 Å². The van der Waals surface area contributed by atoms with Crippen molar-refractivity contribution in [2.75, 3.05) is 37.7 Å². The maximum atomic E-state index is 10.5. The quantitative estimate of drug-likeness (QED) is 0.324. The van der Waals surface area contributed by atoms with Gasteiger partial charge in [-0.2, -0.15) is 9.97 Å². The molecular weight excluding hydrogens is 522 g/mol. The van der Waals surface area contributed by atoms with Crippen LogP contribution in [0.4, 0.5) is 5.82 Å². The Bertz CT molecular complexity index is 1600. The second-order valence-electron chi connectivity index (χ2n) is 12.1. The Labute approximate surface area is 239 Å². The molecule has 0 amide bonds.